The third-order valence-electron chi connectivity index (χ3n) is 11.4. The van der Waals surface area contributed by atoms with Crippen LogP contribution in [0.5, 0.6) is 0 Å². The molecule has 250 valence electrons. The van der Waals surface area contributed by atoms with Crippen LogP contribution < -0.4 is 4.90 Å². The summed E-state index contributed by atoms with van der Waals surface area (Å²) in [6.45, 7) is 4.70. The first-order valence-corrected chi connectivity index (χ1v) is 19.1. The number of aromatic nitrogens is 1. The van der Waals surface area contributed by atoms with Gasteiger partial charge >= 0.3 is 0 Å². The highest BCUT2D eigenvalue weighted by Crippen LogP contribution is 2.51. The number of hydrogen-bond donors (Lipinski definition) is 0. The van der Waals surface area contributed by atoms with Crippen molar-refractivity contribution in [1.29, 1.82) is 0 Å². The van der Waals surface area contributed by atoms with Gasteiger partial charge in [0, 0.05) is 69.8 Å². The summed E-state index contributed by atoms with van der Waals surface area (Å²) in [6, 6.07) is 62.0. The van der Waals surface area contributed by atoms with Gasteiger partial charge in [-0.1, -0.05) is 135 Å². The molecule has 53 heavy (non-hydrogen) atoms. The number of fused-ring (bicyclic) bond motifs is 13. The van der Waals surface area contributed by atoms with Crippen LogP contribution in [0.25, 0.3) is 75.0 Å². The third kappa shape index (κ3) is 4.41. The van der Waals surface area contributed by atoms with E-state index in [-0.39, 0.29) is 5.41 Å². The molecule has 3 heteroatoms. The Morgan fingerprint density at radius 1 is 0.472 bits per heavy atom. The minimum Gasteiger partial charge on any atom is -0.310 e. The van der Waals surface area contributed by atoms with Crippen LogP contribution in [0.1, 0.15) is 25.0 Å². The van der Waals surface area contributed by atoms with Gasteiger partial charge in [-0.2, -0.15) is 0 Å². The van der Waals surface area contributed by atoms with Gasteiger partial charge in [0.15, 0.2) is 0 Å². The SMILES string of the molecule is CC1(C)c2ccccc2-c2ccc(N(c3ccccc3)c3ccc(-c4nc5ccccc5c5c4c4ccccc4c4sc6ccccc6c45)cc3)cc21. The van der Waals surface area contributed by atoms with E-state index in [4.69, 9.17) is 4.98 Å². The highest BCUT2D eigenvalue weighted by atomic mass is 32.1. The average Bonchev–Trinajstić information content (AvgIpc) is 3.71. The molecule has 0 saturated carbocycles. The van der Waals surface area contributed by atoms with Gasteiger partial charge in [-0.15, -0.1) is 11.3 Å². The molecule has 2 aromatic heterocycles. The van der Waals surface area contributed by atoms with Crippen LogP contribution in [-0.2, 0) is 5.41 Å². The van der Waals surface area contributed by atoms with E-state index in [2.05, 4.69) is 189 Å². The normalized spacial score (nSPS) is 13.2. The van der Waals surface area contributed by atoms with Crippen molar-refractivity contribution in [3.8, 4) is 22.4 Å². The molecule has 8 aromatic carbocycles. The lowest BCUT2D eigenvalue weighted by Gasteiger charge is -2.28. The summed E-state index contributed by atoms with van der Waals surface area (Å²) in [5, 5.41) is 8.85. The molecule has 0 atom stereocenters. The van der Waals surface area contributed by atoms with E-state index in [1.54, 1.807) is 0 Å². The average molecular weight is 695 g/mol. The molecule has 2 nitrogen and oxygen atoms in total. The number of para-hydroxylation sites is 2. The molecule has 11 rings (SSSR count). The zero-order valence-corrected chi connectivity index (χ0v) is 30.3. The number of rotatable bonds is 4. The number of pyridine rings is 1. The molecule has 10 aromatic rings. The lowest BCUT2D eigenvalue weighted by atomic mass is 9.82. The second kappa shape index (κ2) is 11.4. The predicted octanol–water partition coefficient (Wildman–Crippen LogP) is 14.4. The standard InChI is InChI=1S/C50H34N2S/c1-50(2)41-21-11-8-16-35(41)36-29-28-34(30-42(36)50)52(32-14-4-3-5-15-32)33-26-24-31(25-27-33)48-46-37-17-6-7-18-38(37)49-47(40-20-10-13-23-44(40)53-49)45(46)39-19-9-12-22-43(39)51-48/h3-30H,1-2H3. The molecule has 0 radical (unpaired) electrons. The Kier molecular flexibility index (Phi) is 6.50. The fourth-order valence-corrected chi connectivity index (χ4v) is 10.2. The molecule has 0 fully saturated rings. The van der Waals surface area contributed by atoms with E-state index in [1.807, 2.05) is 11.3 Å². The summed E-state index contributed by atoms with van der Waals surface area (Å²) < 4.78 is 2.65. The summed E-state index contributed by atoms with van der Waals surface area (Å²) in [5.74, 6) is 0. The lowest BCUT2D eigenvalue weighted by Crippen LogP contribution is -2.16. The Balaban J connectivity index is 1.13. The van der Waals surface area contributed by atoms with Gasteiger partial charge in [-0.05, 0) is 76.2 Å². The minimum atomic E-state index is -0.0844. The molecule has 1 aliphatic carbocycles. The lowest BCUT2D eigenvalue weighted by molar-refractivity contribution is 0.660. The van der Waals surface area contributed by atoms with E-state index in [0.29, 0.717) is 0 Å². The fraction of sp³-hybridized carbons (Fsp3) is 0.0600. The number of nitrogens with zero attached hydrogens (tertiary/aromatic N) is 2. The van der Waals surface area contributed by atoms with Gasteiger partial charge in [0.2, 0.25) is 0 Å². The number of anilines is 3. The molecular weight excluding hydrogens is 661 g/mol. The van der Waals surface area contributed by atoms with Crippen LogP contribution in [0.2, 0.25) is 0 Å². The Labute approximate surface area is 312 Å². The molecule has 0 aliphatic heterocycles. The topological polar surface area (TPSA) is 16.1 Å². The largest absolute Gasteiger partial charge is 0.310 e. The van der Waals surface area contributed by atoms with Crippen molar-refractivity contribution >= 4 is 81.0 Å². The van der Waals surface area contributed by atoms with E-state index >= 15 is 0 Å². The van der Waals surface area contributed by atoms with E-state index in [1.165, 1.54) is 69.4 Å². The summed E-state index contributed by atoms with van der Waals surface area (Å²) in [4.78, 5) is 7.83. The van der Waals surface area contributed by atoms with E-state index < -0.39 is 0 Å². The van der Waals surface area contributed by atoms with E-state index in [9.17, 15) is 0 Å². The predicted molar refractivity (Wildman–Crippen MR) is 227 cm³/mol. The molecule has 0 spiro atoms. The Bertz CT molecular complexity index is 3080. The van der Waals surface area contributed by atoms with Crippen molar-refractivity contribution in [3.05, 3.63) is 181 Å². The van der Waals surface area contributed by atoms with Crippen molar-refractivity contribution in [2.45, 2.75) is 19.3 Å². The first kappa shape index (κ1) is 30.3. The highest BCUT2D eigenvalue weighted by molar-refractivity contribution is 7.27. The molecule has 0 N–H and O–H groups in total. The van der Waals surface area contributed by atoms with Crippen LogP contribution in [-0.4, -0.2) is 4.98 Å². The maximum absolute atomic E-state index is 5.45. The van der Waals surface area contributed by atoms with Gasteiger partial charge in [0.1, 0.15) is 0 Å². The zero-order chi connectivity index (χ0) is 35.3. The van der Waals surface area contributed by atoms with Crippen molar-refractivity contribution < 1.29 is 0 Å². The van der Waals surface area contributed by atoms with Crippen LogP contribution in [0, 0.1) is 0 Å². The second-order valence-electron chi connectivity index (χ2n) is 14.7. The third-order valence-corrected chi connectivity index (χ3v) is 12.6. The summed E-state index contributed by atoms with van der Waals surface area (Å²) in [5.41, 5.74) is 11.8. The maximum atomic E-state index is 5.45. The van der Waals surface area contributed by atoms with Crippen LogP contribution in [0.3, 0.4) is 0 Å². The molecular formula is C50H34N2S. The summed E-state index contributed by atoms with van der Waals surface area (Å²) in [6.07, 6.45) is 0. The van der Waals surface area contributed by atoms with E-state index in [0.717, 1.165) is 33.8 Å². The van der Waals surface area contributed by atoms with Crippen molar-refractivity contribution in [1.82, 2.24) is 4.98 Å². The second-order valence-corrected chi connectivity index (χ2v) is 15.7. The molecule has 0 saturated heterocycles. The van der Waals surface area contributed by atoms with Crippen LogP contribution in [0.15, 0.2) is 170 Å². The van der Waals surface area contributed by atoms with Gasteiger partial charge in [-0.25, -0.2) is 4.98 Å². The van der Waals surface area contributed by atoms with Crippen molar-refractivity contribution in [3.63, 3.8) is 0 Å². The van der Waals surface area contributed by atoms with Gasteiger partial charge in [0.05, 0.1) is 11.2 Å². The quantitative estimate of drug-likeness (QED) is 0.171. The maximum Gasteiger partial charge on any atom is 0.0794 e. The number of hydrogen-bond acceptors (Lipinski definition) is 3. The van der Waals surface area contributed by atoms with Gasteiger partial charge in [-0.3, -0.25) is 0 Å². The van der Waals surface area contributed by atoms with Gasteiger partial charge in [0.25, 0.3) is 0 Å². The fourth-order valence-electron chi connectivity index (χ4n) is 8.95. The van der Waals surface area contributed by atoms with Crippen molar-refractivity contribution in [2.75, 3.05) is 4.90 Å². The molecule has 0 amide bonds. The monoisotopic (exact) mass is 694 g/mol. The highest BCUT2D eigenvalue weighted by Gasteiger charge is 2.35. The van der Waals surface area contributed by atoms with Crippen molar-refractivity contribution in [2.24, 2.45) is 0 Å². The zero-order valence-electron chi connectivity index (χ0n) is 29.5. The smallest absolute Gasteiger partial charge is 0.0794 e. The number of benzene rings is 8. The Morgan fingerprint density at radius 3 is 1.92 bits per heavy atom. The molecule has 1 aliphatic rings. The first-order chi connectivity index (χ1) is 26.1. The van der Waals surface area contributed by atoms with Crippen LogP contribution in [0.4, 0.5) is 17.1 Å². The summed E-state index contributed by atoms with van der Waals surface area (Å²) in [7, 11) is 0. The van der Waals surface area contributed by atoms with Crippen LogP contribution >= 0.6 is 11.3 Å². The molecule has 2 heterocycles. The Hall–Kier alpha value is -6.29. The summed E-state index contributed by atoms with van der Waals surface area (Å²) >= 11 is 1.89. The van der Waals surface area contributed by atoms with Gasteiger partial charge < -0.3 is 4.90 Å². The minimum absolute atomic E-state index is 0.0844. The molecule has 0 bridgehead atoms. The number of thiophene rings is 1. The Morgan fingerprint density at radius 2 is 1.09 bits per heavy atom. The molecule has 0 unspecified atom stereocenters. The first-order valence-electron chi connectivity index (χ1n) is 18.3.